The number of sulfonamides is 1. The molecular weight excluding hydrogens is 394 g/mol. The maximum Gasteiger partial charge on any atom is 0.243 e. The largest absolute Gasteiger partial charge is 0.341 e. The van der Waals surface area contributed by atoms with E-state index in [9.17, 15) is 13.2 Å². The molecule has 9 heteroatoms. The van der Waals surface area contributed by atoms with Crippen LogP contribution in [0.25, 0.3) is 0 Å². The molecule has 22 heavy (non-hydrogen) atoms. The van der Waals surface area contributed by atoms with Crippen molar-refractivity contribution in [2.24, 2.45) is 5.73 Å². The number of halogens is 2. The van der Waals surface area contributed by atoms with Crippen LogP contribution < -0.4 is 5.73 Å². The summed E-state index contributed by atoms with van der Waals surface area (Å²) >= 11 is 3.25. The third-order valence-electron chi connectivity index (χ3n) is 3.28. The van der Waals surface area contributed by atoms with Crippen LogP contribution in [0.2, 0.25) is 0 Å². The molecule has 1 aromatic carbocycles. The summed E-state index contributed by atoms with van der Waals surface area (Å²) < 4.78 is 26.5. The van der Waals surface area contributed by atoms with Gasteiger partial charge in [-0.25, -0.2) is 8.42 Å². The molecule has 0 aliphatic rings. The first-order chi connectivity index (χ1) is 9.70. The van der Waals surface area contributed by atoms with Crippen LogP contribution in [0.4, 0.5) is 0 Å². The highest BCUT2D eigenvalue weighted by Gasteiger charge is 2.25. The van der Waals surface area contributed by atoms with Crippen molar-refractivity contribution in [3.05, 3.63) is 28.7 Å². The number of carbonyl (C=O) groups is 1. The molecule has 0 spiro atoms. The number of likely N-dealkylation sites (N-methyl/N-ethyl adjacent to an activating group) is 2. The summed E-state index contributed by atoms with van der Waals surface area (Å²) in [5.41, 5.74) is 5.50. The van der Waals surface area contributed by atoms with Gasteiger partial charge in [-0.15, -0.1) is 12.4 Å². The molecule has 0 aliphatic heterocycles. The normalized spacial score (nSPS) is 12.6. The molecule has 0 heterocycles. The average molecular weight is 415 g/mol. The third kappa shape index (κ3) is 5.20. The fraction of sp³-hybridized carbons (Fsp3) is 0.462. The minimum absolute atomic E-state index is 0. The summed E-state index contributed by atoms with van der Waals surface area (Å²) in [6.45, 7) is 1.91. The molecule has 126 valence electrons. The molecule has 0 aliphatic carbocycles. The van der Waals surface area contributed by atoms with Crippen LogP contribution in [-0.2, 0) is 14.8 Å². The highest BCUT2D eigenvalue weighted by Crippen LogP contribution is 2.17. The number of carbonyl (C=O) groups excluding carboxylic acids is 1. The van der Waals surface area contributed by atoms with Gasteiger partial charge >= 0.3 is 0 Å². The molecule has 1 unspecified atom stereocenters. The second-order valence-electron chi connectivity index (χ2n) is 4.80. The van der Waals surface area contributed by atoms with Crippen LogP contribution in [0.5, 0.6) is 0 Å². The van der Waals surface area contributed by atoms with Gasteiger partial charge in [0, 0.05) is 31.2 Å². The number of nitrogens with two attached hydrogens (primary N) is 1. The van der Waals surface area contributed by atoms with E-state index in [-0.39, 0.29) is 35.8 Å². The molecule has 0 aromatic heterocycles. The highest BCUT2D eigenvalue weighted by molar-refractivity contribution is 9.10. The lowest BCUT2D eigenvalue weighted by molar-refractivity contribution is -0.131. The minimum atomic E-state index is -3.68. The SMILES string of the molecule is CC(CN)N(C)C(=O)CN(C)S(=O)(=O)c1ccc(Br)cc1.Cl. The van der Waals surface area contributed by atoms with Crippen LogP contribution >= 0.6 is 28.3 Å². The van der Waals surface area contributed by atoms with Crippen LogP contribution in [0.1, 0.15) is 6.92 Å². The zero-order chi connectivity index (χ0) is 16.2. The van der Waals surface area contributed by atoms with Gasteiger partial charge in [0.2, 0.25) is 15.9 Å². The molecule has 6 nitrogen and oxygen atoms in total. The summed E-state index contributed by atoms with van der Waals surface area (Å²) in [5.74, 6) is -0.295. The summed E-state index contributed by atoms with van der Waals surface area (Å²) in [4.78, 5) is 13.6. The van der Waals surface area contributed by atoms with Gasteiger partial charge in [-0.3, -0.25) is 4.79 Å². The van der Waals surface area contributed by atoms with E-state index in [2.05, 4.69) is 15.9 Å². The molecule has 1 rings (SSSR count). The van der Waals surface area contributed by atoms with Gasteiger partial charge in [0.25, 0.3) is 0 Å². The molecule has 1 atom stereocenters. The Morgan fingerprint density at radius 2 is 1.77 bits per heavy atom. The Balaban J connectivity index is 0.00000441. The molecule has 1 aromatic rings. The van der Waals surface area contributed by atoms with E-state index in [0.717, 1.165) is 8.78 Å². The van der Waals surface area contributed by atoms with E-state index in [4.69, 9.17) is 5.73 Å². The third-order valence-corrected chi connectivity index (χ3v) is 5.62. The van der Waals surface area contributed by atoms with E-state index in [1.54, 1.807) is 26.1 Å². The lowest BCUT2D eigenvalue weighted by Crippen LogP contribution is -2.45. The van der Waals surface area contributed by atoms with Crippen molar-refractivity contribution in [2.75, 3.05) is 27.2 Å². The molecule has 0 saturated heterocycles. The Labute approximate surface area is 146 Å². The molecule has 0 bridgehead atoms. The maximum absolute atomic E-state index is 12.4. The van der Waals surface area contributed by atoms with Crippen molar-refractivity contribution >= 4 is 44.3 Å². The van der Waals surface area contributed by atoms with E-state index >= 15 is 0 Å². The van der Waals surface area contributed by atoms with Crippen molar-refractivity contribution in [2.45, 2.75) is 17.9 Å². The minimum Gasteiger partial charge on any atom is -0.341 e. The Bertz CT molecular complexity index is 595. The Hall–Kier alpha value is -0.670. The second-order valence-corrected chi connectivity index (χ2v) is 7.76. The van der Waals surface area contributed by atoms with Gasteiger partial charge in [-0.2, -0.15) is 4.31 Å². The second kappa shape index (κ2) is 8.83. The number of hydrogen-bond acceptors (Lipinski definition) is 4. The fourth-order valence-electron chi connectivity index (χ4n) is 1.58. The Morgan fingerprint density at radius 3 is 2.23 bits per heavy atom. The number of nitrogens with zero attached hydrogens (tertiary/aromatic N) is 2. The summed E-state index contributed by atoms with van der Waals surface area (Å²) in [7, 11) is -0.687. The van der Waals surface area contributed by atoms with Crippen molar-refractivity contribution in [3.8, 4) is 0 Å². The molecular formula is C13H21BrClN3O3S. The first-order valence-electron chi connectivity index (χ1n) is 6.37. The predicted molar refractivity (Wildman–Crippen MR) is 92.5 cm³/mol. The zero-order valence-corrected chi connectivity index (χ0v) is 15.9. The lowest BCUT2D eigenvalue weighted by Gasteiger charge is -2.26. The van der Waals surface area contributed by atoms with Crippen LogP contribution in [0.15, 0.2) is 33.6 Å². The molecule has 2 N–H and O–H groups in total. The highest BCUT2D eigenvalue weighted by atomic mass is 79.9. The summed E-state index contributed by atoms with van der Waals surface area (Å²) in [6, 6.07) is 6.14. The van der Waals surface area contributed by atoms with Gasteiger partial charge in [0.05, 0.1) is 11.4 Å². The first-order valence-corrected chi connectivity index (χ1v) is 8.61. The van der Waals surface area contributed by atoms with E-state index < -0.39 is 10.0 Å². The average Bonchev–Trinajstić information content (AvgIpc) is 2.45. The van der Waals surface area contributed by atoms with Gasteiger partial charge in [0.1, 0.15) is 0 Å². The molecule has 0 radical (unpaired) electrons. The number of rotatable bonds is 6. The lowest BCUT2D eigenvalue weighted by atomic mass is 10.3. The van der Waals surface area contributed by atoms with Gasteiger partial charge in [-0.05, 0) is 31.2 Å². The topological polar surface area (TPSA) is 83.7 Å². The first kappa shape index (κ1) is 21.3. The number of amides is 1. The fourth-order valence-corrected chi connectivity index (χ4v) is 2.96. The standard InChI is InChI=1S/C13H20BrN3O3S.ClH/c1-10(8-15)17(3)13(18)9-16(2)21(19,20)12-6-4-11(14)5-7-12;/h4-7,10H,8-9,15H2,1-3H3;1H. The summed E-state index contributed by atoms with van der Waals surface area (Å²) in [5, 5.41) is 0. The molecule has 0 fully saturated rings. The van der Waals surface area contributed by atoms with Crippen molar-refractivity contribution in [1.29, 1.82) is 0 Å². The monoisotopic (exact) mass is 413 g/mol. The Kier molecular flexibility index (Phi) is 8.56. The van der Waals surface area contributed by atoms with Crippen LogP contribution in [0.3, 0.4) is 0 Å². The van der Waals surface area contributed by atoms with Gasteiger partial charge in [0.15, 0.2) is 0 Å². The smallest absolute Gasteiger partial charge is 0.243 e. The Morgan fingerprint density at radius 1 is 1.27 bits per heavy atom. The number of hydrogen-bond donors (Lipinski definition) is 1. The predicted octanol–water partition coefficient (Wildman–Crippen LogP) is 1.30. The van der Waals surface area contributed by atoms with Crippen molar-refractivity contribution in [1.82, 2.24) is 9.21 Å². The van der Waals surface area contributed by atoms with E-state index in [0.29, 0.717) is 6.54 Å². The van der Waals surface area contributed by atoms with E-state index in [1.165, 1.54) is 24.1 Å². The van der Waals surface area contributed by atoms with Crippen LogP contribution in [0, 0.1) is 0 Å². The van der Waals surface area contributed by atoms with Gasteiger partial charge in [-0.1, -0.05) is 15.9 Å². The van der Waals surface area contributed by atoms with Crippen LogP contribution in [-0.4, -0.2) is 56.8 Å². The molecule has 1 amide bonds. The molecule has 0 saturated carbocycles. The number of benzene rings is 1. The quantitative estimate of drug-likeness (QED) is 0.760. The van der Waals surface area contributed by atoms with Crippen molar-refractivity contribution < 1.29 is 13.2 Å². The van der Waals surface area contributed by atoms with Crippen molar-refractivity contribution in [3.63, 3.8) is 0 Å². The maximum atomic E-state index is 12.4. The van der Waals surface area contributed by atoms with E-state index in [1.807, 2.05) is 0 Å². The van der Waals surface area contributed by atoms with Gasteiger partial charge < -0.3 is 10.6 Å². The summed E-state index contributed by atoms with van der Waals surface area (Å²) in [6.07, 6.45) is 0. The zero-order valence-electron chi connectivity index (χ0n) is 12.7.